The van der Waals surface area contributed by atoms with E-state index < -0.39 is 23.2 Å². The van der Waals surface area contributed by atoms with Gasteiger partial charge in [0.2, 0.25) is 0 Å². The van der Waals surface area contributed by atoms with Gasteiger partial charge in [-0.05, 0) is 49.9 Å². The predicted molar refractivity (Wildman–Crippen MR) is 146 cm³/mol. The number of hydrogen-bond acceptors (Lipinski definition) is 7. The van der Waals surface area contributed by atoms with Crippen molar-refractivity contribution in [2.45, 2.75) is 49.7 Å². The van der Waals surface area contributed by atoms with Gasteiger partial charge in [0.25, 0.3) is 17.4 Å². The number of alkyl halides is 3. The van der Waals surface area contributed by atoms with E-state index in [1.165, 1.54) is 24.1 Å². The van der Waals surface area contributed by atoms with Crippen LogP contribution >= 0.6 is 11.6 Å². The van der Waals surface area contributed by atoms with Crippen LogP contribution in [-0.2, 0) is 15.1 Å². The van der Waals surface area contributed by atoms with Crippen molar-refractivity contribution in [1.82, 2.24) is 14.8 Å². The Morgan fingerprint density at radius 3 is 2.17 bits per heavy atom. The van der Waals surface area contributed by atoms with Gasteiger partial charge < -0.3 is 29.3 Å². The molecular weight excluding hydrogens is 565 g/mol. The summed E-state index contributed by atoms with van der Waals surface area (Å²) in [6, 6.07) is 8.26. The van der Waals surface area contributed by atoms with Crippen LogP contribution in [0.15, 0.2) is 36.4 Å². The number of nitrogens with zero attached hydrogens (tertiary/aromatic N) is 4. The monoisotopic (exact) mass is 598 g/mol. The maximum absolute atomic E-state index is 14.1. The topological polar surface area (TPSA) is 95.4 Å². The van der Waals surface area contributed by atoms with Gasteiger partial charge in [-0.3, -0.25) is 9.59 Å². The molecule has 224 valence electrons. The maximum Gasteiger partial charge on any atom is 0.430 e. The molecule has 1 N–H and O–H groups in total. The number of ether oxygens (including phenoxy) is 2. The fourth-order valence-corrected chi connectivity index (χ4v) is 5.41. The van der Waals surface area contributed by atoms with Crippen LogP contribution in [0, 0.1) is 0 Å². The standard InChI is InChI=1S/C28H34ClF3N4O5/c1-34(2)25(37)22-7-8-23(33-24(22)29)35-13-9-19(10-14-35)41-20-11-15-36(16-12-20)26(38)27(39,28(30,31)32)18-5-4-6-21(17-18)40-3/h4-8,17,19-20,39H,9-16H2,1-3H3/t27-/m1/s1. The van der Waals surface area contributed by atoms with E-state index >= 15 is 0 Å². The first-order valence-corrected chi connectivity index (χ1v) is 13.7. The first-order chi connectivity index (χ1) is 19.3. The number of pyridine rings is 1. The van der Waals surface area contributed by atoms with Crippen molar-refractivity contribution in [3.05, 3.63) is 52.7 Å². The molecule has 41 heavy (non-hydrogen) atoms. The third-order valence-corrected chi connectivity index (χ3v) is 7.85. The summed E-state index contributed by atoms with van der Waals surface area (Å²) in [5.41, 5.74) is -3.94. The lowest BCUT2D eigenvalue weighted by Crippen LogP contribution is -2.57. The van der Waals surface area contributed by atoms with Gasteiger partial charge in [0, 0.05) is 45.8 Å². The van der Waals surface area contributed by atoms with Gasteiger partial charge >= 0.3 is 6.18 Å². The van der Waals surface area contributed by atoms with E-state index in [1.54, 1.807) is 26.2 Å². The Labute approximate surface area is 241 Å². The minimum atomic E-state index is -5.22. The second-order valence-electron chi connectivity index (χ2n) is 10.5. The number of halogens is 4. The van der Waals surface area contributed by atoms with Crippen LogP contribution in [0.25, 0.3) is 0 Å². The lowest BCUT2D eigenvalue weighted by atomic mass is 9.90. The van der Waals surface area contributed by atoms with Crippen LogP contribution < -0.4 is 9.64 Å². The molecule has 1 aromatic heterocycles. The van der Waals surface area contributed by atoms with Gasteiger partial charge in [-0.25, -0.2) is 4.98 Å². The first kappa shape index (κ1) is 30.9. The molecule has 3 heterocycles. The zero-order valence-electron chi connectivity index (χ0n) is 23.2. The van der Waals surface area contributed by atoms with Crippen LogP contribution in [0.3, 0.4) is 0 Å². The quantitative estimate of drug-likeness (QED) is 0.484. The number of likely N-dealkylation sites (tertiary alicyclic amines) is 1. The summed E-state index contributed by atoms with van der Waals surface area (Å²) < 4.78 is 53.5. The highest BCUT2D eigenvalue weighted by molar-refractivity contribution is 6.32. The summed E-state index contributed by atoms with van der Waals surface area (Å²) >= 11 is 6.26. The highest BCUT2D eigenvalue weighted by Crippen LogP contribution is 2.42. The van der Waals surface area contributed by atoms with E-state index in [-0.39, 0.29) is 42.1 Å². The normalized spacial score (nSPS) is 18.6. The number of methoxy groups -OCH3 is 1. The molecule has 0 aliphatic carbocycles. The second-order valence-corrected chi connectivity index (χ2v) is 10.8. The van der Waals surface area contributed by atoms with Crippen LogP contribution in [0.5, 0.6) is 5.75 Å². The van der Waals surface area contributed by atoms with E-state index in [2.05, 4.69) is 9.88 Å². The molecule has 2 aromatic rings. The molecule has 2 saturated heterocycles. The van der Waals surface area contributed by atoms with Crippen molar-refractivity contribution in [2.24, 2.45) is 0 Å². The average molecular weight is 599 g/mol. The van der Waals surface area contributed by atoms with Gasteiger partial charge in [0.05, 0.1) is 24.9 Å². The zero-order valence-corrected chi connectivity index (χ0v) is 23.9. The molecule has 2 fully saturated rings. The summed E-state index contributed by atoms with van der Waals surface area (Å²) in [5, 5.41) is 10.9. The Kier molecular flexibility index (Phi) is 9.35. The molecule has 13 heteroatoms. The summed E-state index contributed by atoms with van der Waals surface area (Å²) in [4.78, 5) is 34.2. The smallest absolute Gasteiger partial charge is 0.430 e. The number of aromatic nitrogens is 1. The molecule has 2 aliphatic heterocycles. The number of rotatable bonds is 7. The first-order valence-electron chi connectivity index (χ1n) is 13.4. The zero-order chi connectivity index (χ0) is 29.9. The lowest BCUT2D eigenvalue weighted by molar-refractivity contribution is -0.262. The minimum absolute atomic E-state index is 0.0329. The van der Waals surface area contributed by atoms with Crippen molar-refractivity contribution < 1.29 is 37.3 Å². The summed E-state index contributed by atoms with van der Waals surface area (Å²) in [6.07, 6.45) is -3.35. The summed E-state index contributed by atoms with van der Waals surface area (Å²) in [5.74, 6) is -0.859. The summed E-state index contributed by atoms with van der Waals surface area (Å²) in [6.45, 7) is 1.38. The number of anilines is 1. The Bertz CT molecular complexity index is 1250. The highest BCUT2D eigenvalue weighted by atomic mass is 35.5. The fourth-order valence-electron chi connectivity index (χ4n) is 5.17. The van der Waals surface area contributed by atoms with Gasteiger partial charge in [0.1, 0.15) is 16.7 Å². The number of hydrogen-bond donors (Lipinski definition) is 1. The van der Waals surface area contributed by atoms with E-state index in [4.69, 9.17) is 21.1 Å². The highest BCUT2D eigenvalue weighted by Gasteiger charge is 2.62. The van der Waals surface area contributed by atoms with Crippen molar-refractivity contribution in [3.63, 3.8) is 0 Å². The SMILES string of the molecule is COc1cccc([C@@](O)(C(=O)N2CCC(OC3CCN(c4ccc(C(=O)N(C)C)c(Cl)n4)CC3)CC2)C(F)(F)F)c1. The van der Waals surface area contributed by atoms with Gasteiger partial charge in [-0.2, -0.15) is 13.2 Å². The van der Waals surface area contributed by atoms with E-state index in [1.807, 2.05) is 0 Å². The summed E-state index contributed by atoms with van der Waals surface area (Å²) in [7, 11) is 4.58. The molecule has 1 aromatic carbocycles. The number of carbonyl (C=O) groups excluding carboxylic acids is 2. The van der Waals surface area contributed by atoms with Crippen LogP contribution in [0.1, 0.15) is 41.6 Å². The second kappa shape index (κ2) is 12.4. The molecule has 2 aliphatic rings. The van der Waals surface area contributed by atoms with Crippen molar-refractivity contribution >= 4 is 29.2 Å². The number of aliphatic hydroxyl groups is 1. The number of carbonyl (C=O) groups is 2. The predicted octanol–water partition coefficient (Wildman–Crippen LogP) is 3.87. The van der Waals surface area contributed by atoms with Crippen molar-refractivity contribution in [3.8, 4) is 5.75 Å². The molecule has 9 nitrogen and oxygen atoms in total. The maximum atomic E-state index is 14.1. The molecule has 0 spiro atoms. The average Bonchev–Trinajstić information content (AvgIpc) is 2.96. The Hall–Kier alpha value is -3.09. The minimum Gasteiger partial charge on any atom is -0.497 e. The van der Waals surface area contributed by atoms with Crippen molar-refractivity contribution in [1.29, 1.82) is 0 Å². The third-order valence-electron chi connectivity index (χ3n) is 7.56. The van der Waals surface area contributed by atoms with Gasteiger partial charge in [-0.1, -0.05) is 23.7 Å². The lowest BCUT2D eigenvalue weighted by Gasteiger charge is -2.40. The van der Waals surface area contributed by atoms with E-state index in [0.717, 1.165) is 17.0 Å². The molecule has 0 saturated carbocycles. The number of piperidine rings is 2. The molecule has 0 bridgehead atoms. The number of amides is 2. The molecular formula is C28H34ClF3N4O5. The van der Waals surface area contributed by atoms with Crippen LogP contribution in [0.2, 0.25) is 5.15 Å². The van der Waals surface area contributed by atoms with E-state index in [9.17, 15) is 27.9 Å². The molecule has 0 radical (unpaired) electrons. The largest absolute Gasteiger partial charge is 0.497 e. The molecule has 4 rings (SSSR count). The fraction of sp³-hybridized carbons (Fsp3) is 0.536. The Morgan fingerprint density at radius 2 is 1.63 bits per heavy atom. The third kappa shape index (κ3) is 6.54. The van der Waals surface area contributed by atoms with Gasteiger partial charge in [0.15, 0.2) is 0 Å². The van der Waals surface area contributed by atoms with E-state index in [0.29, 0.717) is 50.2 Å². The van der Waals surface area contributed by atoms with Gasteiger partial charge in [-0.15, -0.1) is 0 Å². The van der Waals surface area contributed by atoms with Crippen LogP contribution in [0.4, 0.5) is 19.0 Å². The Balaban J connectivity index is 1.31. The van der Waals surface area contributed by atoms with Crippen molar-refractivity contribution in [2.75, 3.05) is 52.3 Å². The molecule has 1 atom stereocenters. The Morgan fingerprint density at radius 1 is 1.02 bits per heavy atom. The molecule has 0 unspecified atom stereocenters. The van der Waals surface area contributed by atoms with Crippen LogP contribution in [-0.4, -0.2) is 97.5 Å². The molecule has 2 amide bonds. The number of benzene rings is 1.